The molecule has 0 bridgehead atoms. The summed E-state index contributed by atoms with van der Waals surface area (Å²) in [5, 5.41) is 10.8. The van der Waals surface area contributed by atoms with Crippen LogP contribution in [0.15, 0.2) is 33.9 Å². The van der Waals surface area contributed by atoms with Crippen molar-refractivity contribution >= 4 is 32.7 Å². The van der Waals surface area contributed by atoms with Crippen molar-refractivity contribution in [3.63, 3.8) is 0 Å². The Hall–Kier alpha value is -1.20. The van der Waals surface area contributed by atoms with Crippen LogP contribution in [0, 0.1) is 11.3 Å². The lowest BCUT2D eigenvalue weighted by Crippen LogP contribution is -2.35. The monoisotopic (exact) mass is 326 g/mol. The van der Waals surface area contributed by atoms with Gasteiger partial charge in [0.15, 0.2) is 0 Å². The number of thiophene rings is 2. The van der Waals surface area contributed by atoms with Gasteiger partial charge in [-0.3, -0.25) is 0 Å². The Bertz CT molecular complexity index is 711. The van der Waals surface area contributed by atoms with Crippen LogP contribution in [-0.2, 0) is 16.4 Å². The molecule has 0 amide bonds. The first kappa shape index (κ1) is 15.2. The summed E-state index contributed by atoms with van der Waals surface area (Å²) >= 11 is 2.63. The minimum Gasteiger partial charge on any atom is -0.206 e. The molecule has 1 atom stereocenters. The molecule has 0 saturated carbocycles. The number of sulfonamides is 1. The van der Waals surface area contributed by atoms with E-state index >= 15 is 0 Å². The normalized spacial score (nSPS) is 13.3. The Morgan fingerprint density at radius 2 is 2.15 bits per heavy atom. The highest BCUT2D eigenvalue weighted by molar-refractivity contribution is 7.91. The molecule has 1 unspecified atom stereocenters. The van der Waals surface area contributed by atoms with E-state index in [0.717, 1.165) is 16.2 Å². The van der Waals surface area contributed by atoms with Crippen LogP contribution in [0.5, 0.6) is 0 Å². The molecule has 7 heteroatoms. The van der Waals surface area contributed by atoms with Gasteiger partial charge in [0.25, 0.3) is 10.0 Å². The molecule has 4 nitrogen and oxygen atoms in total. The summed E-state index contributed by atoms with van der Waals surface area (Å²) in [5.41, 5.74) is 0. The van der Waals surface area contributed by atoms with E-state index in [1.165, 1.54) is 16.4 Å². The molecule has 2 rings (SSSR count). The third kappa shape index (κ3) is 3.10. The lowest BCUT2D eigenvalue weighted by Gasteiger charge is -2.23. The Labute approximate surface area is 127 Å². The molecule has 0 spiro atoms. The maximum atomic E-state index is 12.5. The lowest BCUT2D eigenvalue weighted by atomic mass is 10.2. The highest BCUT2D eigenvalue weighted by Gasteiger charge is 2.27. The van der Waals surface area contributed by atoms with Gasteiger partial charge in [0.1, 0.15) is 15.2 Å². The summed E-state index contributed by atoms with van der Waals surface area (Å²) in [7, 11) is -1.94. The van der Waals surface area contributed by atoms with Crippen LogP contribution in [0.25, 0.3) is 0 Å². The zero-order valence-electron chi connectivity index (χ0n) is 11.1. The summed E-state index contributed by atoms with van der Waals surface area (Å²) < 4.78 is 26.5. The average Bonchev–Trinajstić information content (AvgIpc) is 3.08. The van der Waals surface area contributed by atoms with Gasteiger partial charge in [0, 0.05) is 18.0 Å². The first-order valence-electron chi connectivity index (χ1n) is 5.95. The number of rotatable bonds is 5. The van der Waals surface area contributed by atoms with E-state index in [-0.39, 0.29) is 10.3 Å². The van der Waals surface area contributed by atoms with Crippen molar-refractivity contribution in [2.75, 3.05) is 7.05 Å². The summed E-state index contributed by atoms with van der Waals surface area (Å²) in [4.78, 5) is 1.56. The molecule has 2 aromatic heterocycles. The van der Waals surface area contributed by atoms with Gasteiger partial charge >= 0.3 is 0 Å². The van der Waals surface area contributed by atoms with E-state index in [9.17, 15) is 8.42 Å². The van der Waals surface area contributed by atoms with Crippen molar-refractivity contribution in [1.29, 1.82) is 5.26 Å². The fourth-order valence-corrected chi connectivity index (χ4v) is 5.22. The number of hydrogen-bond donors (Lipinski definition) is 0. The Balaban J connectivity index is 2.18. The number of nitriles is 1. The second-order valence-electron chi connectivity index (χ2n) is 4.38. The average molecular weight is 326 g/mol. The van der Waals surface area contributed by atoms with Gasteiger partial charge in [0.2, 0.25) is 0 Å². The molecule has 0 N–H and O–H groups in total. The van der Waals surface area contributed by atoms with Crippen LogP contribution in [0.3, 0.4) is 0 Å². The van der Waals surface area contributed by atoms with Crippen molar-refractivity contribution < 1.29 is 8.42 Å². The molecule has 2 aromatic rings. The van der Waals surface area contributed by atoms with Crippen LogP contribution in [0.4, 0.5) is 0 Å². The molecular formula is C13H14N2O2S3. The molecule has 0 saturated heterocycles. The molecule has 0 radical (unpaired) electrons. The van der Waals surface area contributed by atoms with E-state index in [2.05, 4.69) is 0 Å². The molecular weight excluding hydrogens is 312 g/mol. The maximum absolute atomic E-state index is 12.5. The van der Waals surface area contributed by atoms with Crippen molar-refractivity contribution in [2.24, 2.45) is 0 Å². The molecule has 2 heterocycles. The topological polar surface area (TPSA) is 61.2 Å². The first-order valence-corrected chi connectivity index (χ1v) is 9.09. The molecule has 20 heavy (non-hydrogen) atoms. The van der Waals surface area contributed by atoms with Gasteiger partial charge in [-0.1, -0.05) is 6.07 Å². The zero-order chi connectivity index (χ0) is 14.8. The smallest absolute Gasteiger partial charge is 0.206 e. The predicted octanol–water partition coefficient (Wildman–Crippen LogP) is 2.93. The third-order valence-electron chi connectivity index (χ3n) is 3.02. The van der Waals surface area contributed by atoms with Gasteiger partial charge in [-0.15, -0.1) is 22.7 Å². The molecule has 106 valence electrons. The zero-order valence-corrected chi connectivity index (χ0v) is 13.6. The minimum atomic E-state index is -3.53. The second-order valence-corrected chi connectivity index (χ2v) is 8.72. The lowest BCUT2D eigenvalue weighted by molar-refractivity contribution is 0.389. The Kier molecular flexibility index (Phi) is 4.60. The van der Waals surface area contributed by atoms with Crippen molar-refractivity contribution in [3.8, 4) is 6.07 Å². The van der Waals surface area contributed by atoms with Crippen molar-refractivity contribution in [2.45, 2.75) is 23.6 Å². The van der Waals surface area contributed by atoms with Crippen LogP contribution in [0.1, 0.15) is 16.7 Å². The number of nitrogens with zero attached hydrogens (tertiary/aromatic N) is 2. The molecule has 0 aromatic carbocycles. The number of hydrogen-bond acceptors (Lipinski definition) is 5. The van der Waals surface area contributed by atoms with E-state index in [1.54, 1.807) is 18.4 Å². The van der Waals surface area contributed by atoms with Crippen LogP contribution in [0.2, 0.25) is 0 Å². The molecule has 0 fully saturated rings. The third-order valence-corrected chi connectivity index (χ3v) is 7.35. The van der Waals surface area contributed by atoms with Gasteiger partial charge in [-0.2, -0.15) is 9.57 Å². The number of likely N-dealkylation sites (N-methyl/N-ethyl adjacent to an activating group) is 1. The molecule has 0 aliphatic rings. The van der Waals surface area contributed by atoms with Crippen molar-refractivity contribution in [1.82, 2.24) is 4.31 Å². The van der Waals surface area contributed by atoms with E-state index in [1.807, 2.05) is 30.5 Å². The van der Waals surface area contributed by atoms with Crippen molar-refractivity contribution in [3.05, 3.63) is 39.4 Å². The van der Waals surface area contributed by atoms with Gasteiger partial charge in [0.05, 0.1) is 0 Å². The van der Waals surface area contributed by atoms with Gasteiger partial charge in [-0.25, -0.2) is 8.42 Å². The summed E-state index contributed by atoms with van der Waals surface area (Å²) in [6, 6.07) is 8.82. The standard InChI is InChI=1S/C13H14N2O2S3/c1-10(8-11-4-3-7-18-11)15(2)20(16,17)13-6-5-12(9-14)19-13/h3-7,10H,8H2,1-2H3. The molecule has 0 aliphatic heterocycles. The van der Waals surface area contributed by atoms with Gasteiger partial charge in [-0.05, 0) is 36.9 Å². The summed E-state index contributed by atoms with van der Waals surface area (Å²) in [5.74, 6) is 0. The SMILES string of the molecule is CC(Cc1cccs1)N(C)S(=O)(=O)c1ccc(C#N)s1. The highest BCUT2D eigenvalue weighted by Crippen LogP contribution is 2.26. The quantitative estimate of drug-likeness (QED) is 0.849. The van der Waals surface area contributed by atoms with E-state index in [4.69, 9.17) is 5.26 Å². The Morgan fingerprint density at radius 3 is 2.70 bits per heavy atom. The summed E-state index contributed by atoms with van der Waals surface area (Å²) in [6.45, 7) is 1.89. The highest BCUT2D eigenvalue weighted by atomic mass is 32.2. The van der Waals surface area contributed by atoms with E-state index in [0.29, 0.717) is 11.3 Å². The summed E-state index contributed by atoms with van der Waals surface area (Å²) in [6.07, 6.45) is 0.684. The van der Waals surface area contributed by atoms with Crippen LogP contribution >= 0.6 is 22.7 Å². The first-order chi connectivity index (χ1) is 9.45. The fourth-order valence-electron chi connectivity index (χ4n) is 1.75. The maximum Gasteiger partial charge on any atom is 0.252 e. The second kappa shape index (κ2) is 6.06. The fraction of sp³-hybridized carbons (Fsp3) is 0.308. The molecule has 0 aliphatic carbocycles. The van der Waals surface area contributed by atoms with Crippen LogP contribution < -0.4 is 0 Å². The minimum absolute atomic E-state index is 0.133. The van der Waals surface area contributed by atoms with Crippen LogP contribution in [-0.4, -0.2) is 25.8 Å². The Morgan fingerprint density at radius 1 is 1.40 bits per heavy atom. The predicted molar refractivity (Wildman–Crippen MR) is 81.5 cm³/mol. The van der Waals surface area contributed by atoms with E-state index < -0.39 is 10.0 Å². The van der Waals surface area contributed by atoms with Gasteiger partial charge < -0.3 is 0 Å². The largest absolute Gasteiger partial charge is 0.252 e.